The zero-order valence-corrected chi connectivity index (χ0v) is 7.24. The van der Waals surface area contributed by atoms with Gasteiger partial charge >= 0.3 is 0 Å². The van der Waals surface area contributed by atoms with Crippen molar-refractivity contribution >= 4 is 17.6 Å². The standard InChI is InChI=1S/C8H6ClF2NO/c9-12-4-8(13)6-3-5(10)1-2-7(6)11/h1-3,12H,4H2. The number of carbonyl (C=O) groups is 1. The van der Waals surface area contributed by atoms with Crippen LogP contribution in [0.4, 0.5) is 8.78 Å². The van der Waals surface area contributed by atoms with Gasteiger partial charge in [-0.2, -0.15) is 0 Å². The maximum absolute atomic E-state index is 12.9. The highest BCUT2D eigenvalue weighted by atomic mass is 35.5. The van der Waals surface area contributed by atoms with Crippen LogP contribution < -0.4 is 4.84 Å². The minimum atomic E-state index is -0.752. The van der Waals surface area contributed by atoms with Gasteiger partial charge in [0, 0.05) is 0 Å². The first-order chi connectivity index (χ1) is 6.15. The first-order valence-corrected chi connectivity index (χ1v) is 3.84. The van der Waals surface area contributed by atoms with E-state index in [2.05, 4.69) is 0 Å². The number of carbonyl (C=O) groups excluding carboxylic acids is 1. The Labute approximate surface area is 78.6 Å². The number of halogens is 3. The summed E-state index contributed by atoms with van der Waals surface area (Å²) >= 11 is 5.05. The Morgan fingerprint density at radius 2 is 2.15 bits per heavy atom. The monoisotopic (exact) mass is 205 g/mol. The van der Waals surface area contributed by atoms with Gasteiger partial charge in [-0.25, -0.2) is 13.6 Å². The quantitative estimate of drug-likeness (QED) is 0.603. The summed E-state index contributed by atoms with van der Waals surface area (Å²) in [5.74, 6) is -2.00. The number of ketones is 1. The molecule has 0 aromatic heterocycles. The van der Waals surface area contributed by atoms with Gasteiger partial charge in [0.2, 0.25) is 0 Å². The van der Waals surface area contributed by atoms with Crippen molar-refractivity contribution in [3.63, 3.8) is 0 Å². The second-order valence-corrected chi connectivity index (χ2v) is 2.63. The molecular formula is C8H6ClF2NO. The molecule has 0 fully saturated rings. The van der Waals surface area contributed by atoms with Crippen LogP contribution in [0.3, 0.4) is 0 Å². The van der Waals surface area contributed by atoms with E-state index < -0.39 is 17.4 Å². The van der Waals surface area contributed by atoms with Crippen LogP contribution in [-0.2, 0) is 0 Å². The lowest BCUT2D eigenvalue weighted by atomic mass is 10.1. The summed E-state index contributed by atoms with van der Waals surface area (Å²) in [5.41, 5.74) is -0.298. The van der Waals surface area contributed by atoms with Crippen LogP contribution in [0.1, 0.15) is 10.4 Å². The lowest BCUT2D eigenvalue weighted by molar-refractivity contribution is 0.0993. The molecule has 0 unspecified atom stereocenters. The van der Waals surface area contributed by atoms with E-state index in [0.717, 1.165) is 18.2 Å². The van der Waals surface area contributed by atoms with Gasteiger partial charge in [-0.05, 0) is 30.0 Å². The van der Waals surface area contributed by atoms with Crippen LogP contribution in [0.5, 0.6) is 0 Å². The molecular weight excluding hydrogens is 200 g/mol. The third-order valence-electron chi connectivity index (χ3n) is 1.46. The van der Waals surface area contributed by atoms with Crippen LogP contribution in [0.2, 0.25) is 0 Å². The Kier molecular flexibility index (Phi) is 3.33. The lowest BCUT2D eigenvalue weighted by Gasteiger charge is -2.00. The number of nitrogens with one attached hydrogen (secondary N) is 1. The Hall–Kier alpha value is -1.00. The normalized spacial score (nSPS) is 10.1. The molecule has 1 aromatic carbocycles. The van der Waals surface area contributed by atoms with E-state index in [9.17, 15) is 13.6 Å². The maximum atomic E-state index is 12.9. The predicted molar refractivity (Wildman–Crippen MR) is 44.5 cm³/mol. The van der Waals surface area contributed by atoms with Gasteiger partial charge in [-0.15, -0.1) is 0 Å². The minimum absolute atomic E-state index is 0.234. The molecule has 13 heavy (non-hydrogen) atoms. The molecule has 2 nitrogen and oxygen atoms in total. The Bertz CT molecular complexity index is 330. The van der Waals surface area contributed by atoms with Crippen molar-refractivity contribution in [2.24, 2.45) is 0 Å². The summed E-state index contributed by atoms with van der Waals surface area (Å²) in [6, 6.07) is 2.68. The van der Waals surface area contributed by atoms with Crippen molar-refractivity contribution in [1.82, 2.24) is 4.84 Å². The fraction of sp³-hybridized carbons (Fsp3) is 0.125. The summed E-state index contributed by atoms with van der Waals surface area (Å²) < 4.78 is 25.5. The molecule has 0 aliphatic carbocycles. The summed E-state index contributed by atoms with van der Waals surface area (Å²) in [6.07, 6.45) is 0. The number of Topliss-reactive ketones (excluding diaryl/α,β-unsaturated/α-hetero) is 1. The molecule has 0 bridgehead atoms. The Balaban J connectivity index is 2.99. The molecule has 70 valence electrons. The topological polar surface area (TPSA) is 29.1 Å². The van der Waals surface area contributed by atoms with Gasteiger partial charge in [0.15, 0.2) is 5.78 Å². The SMILES string of the molecule is O=C(CNCl)c1cc(F)ccc1F. The highest BCUT2D eigenvalue weighted by Gasteiger charge is 2.11. The van der Waals surface area contributed by atoms with Gasteiger partial charge < -0.3 is 0 Å². The third-order valence-corrected chi connectivity index (χ3v) is 1.59. The molecule has 0 saturated carbocycles. The van der Waals surface area contributed by atoms with Crippen molar-refractivity contribution in [3.05, 3.63) is 35.4 Å². The van der Waals surface area contributed by atoms with Crippen molar-refractivity contribution in [3.8, 4) is 0 Å². The molecule has 0 aliphatic heterocycles. The predicted octanol–water partition coefficient (Wildman–Crippen LogP) is 1.89. The molecule has 5 heteroatoms. The smallest absolute Gasteiger partial charge is 0.180 e. The zero-order valence-electron chi connectivity index (χ0n) is 6.48. The molecule has 1 N–H and O–H groups in total. The van der Waals surface area contributed by atoms with Crippen LogP contribution in [0.15, 0.2) is 18.2 Å². The molecule has 0 saturated heterocycles. The van der Waals surface area contributed by atoms with Gasteiger partial charge in [-0.1, -0.05) is 0 Å². The van der Waals surface area contributed by atoms with Gasteiger partial charge in [0.25, 0.3) is 0 Å². The average molecular weight is 206 g/mol. The van der Waals surface area contributed by atoms with Crippen LogP contribution in [0, 0.1) is 11.6 Å². The largest absolute Gasteiger partial charge is 0.293 e. The fourth-order valence-corrected chi connectivity index (χ4v) is 0.988. The first-order valence-electron chi connectivity index (χ1n) is 3.47. The van der Waals surface area contributed by atoms with Crippen molar-refractivity contribution in [2.45, 2.75) is 0 Å². The number of benzene rings is 1. The fourth-order valence-electron chi connectivity index (χ4n) is 0.867. The van der Waals surface area contributed by atoms with E-state index in [1.165, 1.54) is 0 Å². The van der Waals surface area contributed by atoms with E-state index in [0.29, 0.717) is 0 Å². The van der Waals surface area contributed by atoms with E-state index in [1.54, 1.807) is 0 Å². The zero-order chi connectivity index (χ0) is 9.84. The highest BCUT2D eigenvalue weighted by Crippen LogP contribution is 2.09. The summed E-state index contributed by atoms with van der Waals surface area (Å²) in [4.78, 5) is 13.1. The first kappa shape index (κ1) is 10.1. The van der Waals surface area contributed by atoms with E-state index in [1.807, 2.05) is 4.84 Å². The number of hydrogen-bond acceptors (Lipinski definition) is 2. The number of hydrogen-bond donors (Lipinski definition) is 1. The molecule has 1 aromatic rings. The van der Waals surface area contributed by atoms with Crippen LogP contribution in [0.25, 0.3) is 0 Å². The maximum Gasteiger partial charge on any atom is 0.180 e. The average Bonchev–Trinajstić information content (AvgIpc) is 2.09. The third kappa shape index (κ3) is 2.47. The lowest BCUT2D eigenvalue weighted by Crippen LogP contribution is -2.16. The van der Waals surface area contributed by atoms with Crippen molar-refractivity contribution in [1.29, 1.82) is 0 Å². The second-order valence-electron chi connectivity index (χ2n) is 2.36. The second kappa shape index (κ2) is 4.30. The minimum Gasteiger partial charge on any atom is -0.293 e. The van der Waals surface area contributed by atoms with Gasteiger partial charge in [0.05, 0.1) is 12.1 Å². The Morgan fingerprint density at radius 3 is 2.77 bits per heavy atom. The summed E-state index contributed by atoms with van der Waals surface area (Å²) in [6.45, 7) is -0.234. The molecule has 0 spiro atoms. The molecule has 0 heterocycles. The molecule has 0 atom stereocenters. The number of rotatable bonds is 3. The van der Waals surface area contributed by atoms with Crippen molar-refractivity contribution in [2.75, 3.05) is 6.54 Å². The van der Waals surface area contributed by atoms with E-state index in [4.69, 9.17) is 11.8 Å². The van der Waals surface area contributed by atoms with E-state index >= 15 is 0 Å². The van der Waals surface area contributed by atoms with E-state index in [-0.39, 0.29) is 12.1 Å². The summed E-state index contributed by atoms with van der Waals surface area (Å²) in [5, 5.41) is 0. The van der Waals surface area contributed by atoms with Crippen LogP contribution in [-0.4, -0.2) is 12.3 Å². The van der Waals surface area contributed by atoms with Gasteiger partial charge in [-0.3, -0.25) is 4.79 Å². The van der Waals surface area contributed by atoms with Gasteiger partial charge in [0.1, 0.15) is 11.6 Å². The molecule has 1 rings (SSSR count). The van der Waals surface area contributed by atoms with Crippen LogP contribution >= 0.6 is 11.8 Å². The van der Waals surface area contributed by atoms with Crippen molar-refractivity contribution < 1.29 is 13.6 Å². The molecule has 0 radical (unpaired) electrons. The summed E-state index contributed by atoms with van der Waals surface area (Å²) in [7, 11) is 0. The molecule has 0 amide bonds. The molecule has 0 aliphatic rings. The highest BCUT2D eigenvalue weighted by molar-refractivity contribution is 6.15. The Morgan fingerprint density at radius 1 is 1.46 bits per heavy atom.